The zero-order valence-corrected chi connectivity index (χ0v) is 11.6. The highest BCUT2D eigenvalue weighted by Gasteiger charge is 2.07. The molecule has 1 unspecified atom stereocenters. The van der Waals surface area contributed by atoms with Gasteiger partial charge in [-0.05, 0) is 30.9 Å². The van der Waals surface area contributed by atoms with Gasteiger partial charge >= 0.3 is 0 Å². The number of pyridine rings is 1. The van der Waals surface area contributed by atoms with Crippen molar-refractivity contribution in [2.45, 2.75) is 24.2 Å². The molecule has 1 atom stereocenters. The van der Waals surface area contributed by atoms with Crippen LogP contribution in [0.1, 0.15) is 18.4 Å². The molecule has 2 N–H and O–H groups in total. The summed E-state index contributed by atoms with van der Waals surface area (Å²) in [7, 11) is -1.02. The van der Waals surface area contributed by atoms with Crippen molar-refractivity contribution in [3.63, 3.8) is 0 Å². The lowest BCUT2D eigenvalue weighted by Crippen LogP contribution is -2.03. The molecule has 19 heavy (non-hydrogen) atoms. The van der Waals surface area contributed by atoms with Crippen LogP contribution in [0.25, 0.3) is 0 Å². The Morgan fingerprint density at radius 1 is 1.11 bits per heavy atom. The lowest BCUT2D eigenvalue weighted by Gasteiger charge is -2.05. The highest BCUT2D eigenvalue weighted by Crippen LogP contribution is 2.15. The maximum Gasteiger partial charge on any atom is 0.0664 e. The predicted molar refractivity (Wildman–Crippen MR) is 79.3 cm³/mol. The third-order valence-corrected chi connectivity index (χ3v) is 4.47. The summed E-state index contributed by atoms with van der Waals surface area (Å²) in [6, 6.07) is 12.1. The van der Waals surface area contributed by atoms with E-state index < -0.39 is 10.8 Å². The van der Waals surface area contributed by atoms with E-state index in [0.29, 0.717) is 16.3 Å². The van der Waals surface area contributed by atoms with Gasteiger partial charge in [-0.15, -0.1) is 0 Å². The number of nitrogen functional groups attached to an aromatic ring is 1. The van der Waals surface area contributed by atoms with Crippen LogP contribution in [0.15, 0.2) is 53.7 Å². The van der Waals surface area contributed by atoms with E-state index in [9.17, 15) is 4.21 Å². The Balaban J connectivity index is 1.77. The van der Waals surface area contributed by atoms with Gasteiger partial charge < -0.3 is 5.73 Å². The molecule has 0 spiro atoms. The van der Waals surface area contributed by atoms with Crippen molar-refractivity contribution in [3.05, 3.63) is 54.4 Å². The second-order valence-corrected chi connectivity index (χ2v) is 5.94. The van der Waals surface area contributed by atoms with Crippen molar-refractivity contribution in [2.24, 2.45) is 0 Å². The Labute approximate surface area is 116 Å². The summed E-state index contributed by atoms with van der Waals surface area (Å²) in [5, 5.41) is 0. The number of benzene rings is 1. The van der Waals surface area contributed by atoms with Gasteiger partial charge in [0, 0.05) is 11.9 Å². The van der Waals surface area contributed by atoms with Crippen molar-refractivity contribution in [1.29, 1.82) is 0 Å². The van der Waals surface area contributed by atoms with Gasteiger partial charge in [0.25, 0.3) is 0 Å². The largest absolute Gasteiger partial charge is 0.396 e. The van der Waals surface area contributed by atoms with Crippen molar-refractivity contribution in [2.75, 3.05) is 11.5 Å². The van der Waals surface area contributed by atoms with Gasteiger partial charge in [0.05, 0.1) is 27.6 Å². The van der Waals surface area contributed by atoms with Crippen LogP contribution in [0.2, 0.25) is 0 Å². The molecule has 0 radical (unpaired) electrons. The molecule has 3 nitrogen and oxygen atoms in total. The van der Waals surface area contributed by atoms with E-state index in [0.717, 1.165) is 19.3 Å². The summed E-state index contributed by atoms with van der Waals surface area (Å²) in [5.74, 6) is 0.654. The maximum absolute atomic E-state index is 12.1. The minimum absolute atomic E-state index is 0.517. The van der Waals surface area contributed by atoms with Gasteiger partial charge in [-0.1, -0.05) is 30.3 Å². The minimum Gasteiger partial charge on any atom is -0.396 e. The number of aryl methyl sites for hydroxylation is 1. The molecule has 0 bridgehead atoms. The van der Waals surface area contributed by atoms with E-state index in [1.165, 1.54) is 5.56 Å². The van der Waals surface area contributed by atoms with Gasteiger partial charge in [-0.25, -0.2) is 0 Å². The lowest BCUT2D eigenvalue weighted by molar-refractivity contribution is 0.677. The first-order valence-electron chi connectivity index (χ1n) is 6.39. The van der Waals surface area contributed by atoms with E-state index in [4.69, 9.17) is 5.73 Å². The van der Waals surface area contributed by atoms with Crippen LogP contribution in [0.3, 0.4) is 0 Å². The molecule has 2 rings (SSSR count). The monoisotopic (exact) mass is 274 g/mol. The number of nitrogens with zero attached hydrogens (tertiary/aromatic N) is 1. The molecule has 0 amide bonds. The molecule has 1 aromatic heterocycles. The first-order valence-corrected chi connectivity index (χ1v) is 7.71. The maximum atomic E-state index is 12.1. The summed E-state index contributed by atoms with van der Waals surface area (Å²) in [5.41, 5.74) is 7.61. The van der Waals surface area contributed by atoms with Gasteiger partial charge in [0.15, 0.2) is 0 Å². The Morgan fingerprint density at radius 2 is 1.89 bits per heavy atom. The Bertz CT molecular complexity index is 543. The number of rotatable bonds is 6. The van der Waals surface area contributed by atoms with Crippen LogP contribution >= 0.6 is 0 Å². The SMILES string of the molecule is Nc1cnccc1S(=O)CCCCc1ccccc1. The van der Waals surface area contributed by atoms with E-state index in [1.54, 1.807) is 18.5 Å². The summed E-state index contributed by atoms with van der Waals surface area (Å²) in [6.45, 7) is 0. The van der Waals surface area contributed by atoms with Crippen molar-refractivity contribution in [3.8, 4) is 0 Å². The zero-order chi connectivity index (χ0) is 13.5. The normalized spacial score (nSPS) is 12.2. The van der Waals surface area contributed by atoms with Gasteiger partial charge in [0.1, 0.15) is 0 Å². The van der Waals surface area contributed by atoms with Crippen LogP contribution in [0, 0.1) is 0 Å². The Kier molecular flexibility index (Phi) is 5.10. The van der Waals surface area contributed by atoms with Gasteiger partial charge in [-0.2, -0.15) is 0 Å². The van der Waals surface area contributed by atoms with Crippen LogP contribution in [-0.4, -0.2) is 14.9 Å². The molecule has 0 aliphatic carbocycles. The molecular weight excluding hydrogens is 256 g/mol. The van der Waals surface area contributed by atoms with Crippen LogP contribution < -0.4 is 5.73 Å². The molecule has 0 saturated heterocycles. The topological polar surface area (TPSA) is 56.0 Å². The lowest BCUT2D eigenvalue weighted by atomic mass is 10.1. The third kappa shape index (κ3) is 4.17. The van der Waals surface area contributed by atoms with Crippen molar-refractivity contribution in [1.82, 2.24) is 4.98 Å². The molecule has 4 heteroatoms. The molecule has 1 aromatic carbocycles. The highest BCUT2D eigenvalue weighted by molar-refractivity contribution is 7.85. The molecule has 0 aliphatic heterocycles. The summed E-state index contributed by atoms with van der Waals surface area (Å²) in [4.78, 5) is 4.61. The molecular formula is C15H18N2OS. The van der Waals surface area contributed by atoms with E-state index in [-0.39, 0.29) is 0 Å². The number of aromatic nitrogens is 1. The fourth-order valence-corrected chi connectivity index (χ4v) is 3.13. The number of unbranched alkanes of at least 4 members (excludes halogenated alkanes) is 1. The first kappa shape index (κ1) is 13.7. The fraction of sp³-hybridized carbons (Fsp3) is 0.267. The average Bonchev–Trinajstić information content (AvgIpc) is 2.45. The average molecular weight is 274 g/mol. The van der Waals surface area contributed by atoms with Crippen LogP contribution in [0.4, 0.5) is 5.69 Å². The summed E-state index contributed by atoms with van der Waals surface area (Å²) < 4.78 is 12.1. The molecule has 100 valence electrons. The van der Waals surface area contributed by atoms with E-state index in [1.807, 2.05) is 18.2 Å². The Hall–Kier alpha value is -1.68. The van der Waals surface area contributed by atoms with Gasteiger partial charge in [-0.3, -0.25) is 9.19 Å². The molecule has 1 heterocycles. The number of nitrogens with two attached hydrogens (primary N) is 1. The van der Waals surface area contributed by atoms with Gasteiger partial charge in [0.2, 0.25) is 0 Å². The molecule has 2 aromatic rings. The van der Waals surface area contributed by atoms with E-state index >= 15 is 0 Å². The number of hydrogen-bond donors (Lipinski definition) is 1. The molecule has 0 aliphatic rings. The summed E-state index contributed by atoms with van der Waals surface area (Å²) in [6.07, 6.45) is 6.19. The first-order chi connectivity index (χ1) is 9.27. The second kappa shape index (κ2) is 7.04. The van der Waals surface area contributed by atoms with Crippen LogP contribution in [-0.2, 0) is 17.2 Å². The smallest absolute Gasteiger partial charge is 0.0664 e. The standard InChI is InChI=1S/C15H18N2OS/c16-14-12-17-10-9-15(14)19(18)11-5-4-8-13-6-2-1-3-7-13/h1-3,6-7,9-10,12H,4-5,8,11,16H2. The number of anilines is 1. The highest BCUT2D eigenvalue weighted by atomic mass is 32.2. The predicted octanol–water partition coefficient (Wildman–Crippen LogP) is 2.79. The zero-order valence-electron chi connectivity index (χ0n) is 10.8. The van der Waals surface area contributed by atoms with Crippen molar-refractivity contribution < 1.29 is 4.21 Å². The molecule has 0 saturated carbocycles. The third-order valence-electron chi connectivity index (χ3n) is 2.94. The molecule has 0 fully saturated rings. The second-order valence-electron chi connectivity index (χ2n) is 4.41. The Morgan fingerprint density at radius 3 is 2.63 bits per heavy atom. The van der Waals surface area contributed by atoms with E-state index in [2.05, 4.69) is 17.1 Å². The quantitative estimate of drug-likeness (QED) is 0.824. The van der Waals surface area contributed by atoms with Crippen molar-refractivity contribution >= 4 is 16.5 Å². The summed E-state index contributed by atoms with van der Waals surface area (Å²) >= 11 is 0. The number of hydrogen-bond acceptors (Lipinski definition) is 3. The minimum atomic E-state index is -1.02. The fourth-order valence-electron chi connectivity index (χ4n) is 1.92. The van der Waals surface area contributed by atoms with Crippen LogP contribution in [0.5, 0.6) is 0 Å².